The van der Waals surface area contributed by atoms with E-state index >= 15 is 0 Å². The molecule has 1 aromatic heterocycles. The van der Waals surface area contributed by atoms with E-state index in [-0.39, 0.29) is 17.9 Å². The van der Waals surface area contributed by atoms with E-state index in [4.69, 9.17) is 5.11 Å². The van der Waals surface area contributed by atoms with E-state index in [1.807, 2.05) is 0 Å². The molecule has 0 saturated carbocycles. The first-order chi connectivity index (χ1) is 9.59. The Labute approximate surface area is 115 Å². The number of anilines is 1. The van der Waals surface area contributed by atoms with Gasteiger partial charge in [0.15, 0.2) is 0 Å². The Bertz CT molecular complexity index is 610. The van der Waals surface area contributed by atoms with Crippen LogP contribution in [-0.4, -0.2) is 39.0 Å². The Morgan fingerprint density at radius 3 is 2.75 bits per heavy atom. The van der Waals surface area contributed by atoms with Crippen molar-refractivity contribution in [2.75, 3.05) is 11.9 Å². The molecule has 0 aliphatic heterocycles. The zero-order chi connectivity index (χ0) is 14.5. The summed E-state index contributed by atoms with van der Waals surface area (Å²) in [7, 11) is 1.56. The van der Waals surface area contributed by atoms with Gasteiger partial charge in [-0.3, -0.25) is 9.48 Å². The third-order valence-corrected chi connectivity index (χ3v) is 2.90. The number of nitrogens with zero attached hydrogens (tertiary/aromatic N) is 4. The van der Waals surface area contributed by atoms with Gasteiger partial charge in [-0.15, -0.1) is 5.10 Å². The van der Waals surface area contributed by atoms with E-state index in [1.165, 1.54) is 17.2 Å². The molecule has 1 amide bonds. The second-order valence-electron chi connectivity index (χ2n) is 4.19. The van der Waals surface area contributed by atoms with Crippen LogP contribution in [0.2, 0.25) is 0 Å². The molecule has 0 fully saturated rings. The summed E-state index contributed by atoms with van der Waals surface area (Å²) in [6, 6.07) is 6.40. The van der Waals surface area contributed by atoms with Crippen LogP contribution in [0.15, 0.2) is 36.7 Å². The Balaban J connectivity index is 2.08. The molecule has 0 saturated heterocycles. The summed E-state index contributed by atoms with van der Waals surface area (Å²) in [6.07, 6.45) is 3.42. The molecule has 0 aliphatic rings. The summed E-state index contributed by atoms with van der Waals surface area (Å²) < 4.78 is 1.55. The van der Waals surface area contributed by atoms with Crippen LogP contribution in [0, 0.1) is 0 Å². The van der Waals surface area contributed by atoms with Gasteiger partial charge < -0.3 is 10.0 Å². The van der Waals surface area contributed by atoms with Crippen molar-refractivity contribution in [2.24, 2.45) is 0 Å². The Morgan fingerprint density at radius 2 is 2.10 bits per heavy atom. The minimum atomic E-state index is -1.06. The van der Waals surface area contributed by atoms with Gasteiger partial charge in [-0.25, -0.2) is 4.79 Å². The van der Waals surface area contributed by atoms with Gasteiger partial charge in [0.25, 0.3) is 0 Å². The molecular weight excluding hydrogens is 260 g/mol. The lowest BCUT2D eigenvalue weighted by Gasteiger charge is -2.19. The first-order valence-corrected chi connectivity index (χ1v) is 6.02. The summed E-state index contributed by atoms with van der Waals surface area (Å²) in [5.41, 5.74) is 0.479. The molecule has 104 valence electrons. The maximum atomic E-state index is 12.1. The van der Waals surface area contributed by atoms with Crippen molar-refractivity contribution < 1.29 is 14.7 Å². The topological polar surface area (TPSA) is 88.3 Å². The average Bonchev–Trinajstić information content (AvgIpc) is 2.97. The lowest BCUT2D eigenvalue weighted by Crippen LogP contribution is -2.28. The number of para-hydroxylation sites is 1. The van der Waals surface area contributed by atoms with Crippen molar-refractivity contribution >= 4 is 17.6 Å². The highest BCUT2D eigenvalue weighted by Crippen LogP contribution is 2.19. The molecule has 2 aromatic rings. The SMILES string of the molecule is CN(C(=O)CCn1ccnn1)c1ccccc1C(=O)O. The van der Waals surface area contributed by atoms with Crippen LogP contribution >= 0.6 is 0 Å². The molecule has 0 spiro atoms. The van der Waals surface area contributed by atoms with Gasteiger partial charge in [-0.2, -0.15) is 0 Å². The van der Waals surface area contributed by atoms with Gasteiger partial charge in [0, 0.05) is 19.7 Å². The first-order valence-electron chi connectivity index (χ1n) is 6.02. The highest BCUT2D eigenvalue weighted by Gasteiger charge is 2.17. The quantitative estimate of drug-likeness (QED) is 0.879. The molecule has 2 rings (SSSR count). The van der Waals surface area contributed by atoms with Crippen molar-refractivity contribution in [1.82, 2.24) is 15.0 Å². The second-order valence-corrected chi connectivity index (χ2v) is 4.19. The predicted octanol–water partition coefficient (Wildman–Crippen LogP) is 1.03. The number of carboxylic acid groups (broad SMARTS) is 1. The van der Waals surface area contributed by atoms with Crippen molar-refractivity contribution in [1.29, 1.82) is 0 Å². The molecule has 7 heteroatoms. The Morgan fingerprint density at radius 1 is 1.35 bits per heavy atom. The zero-order valence-electron chi connectivity index (χ0n) is 10.9. The van der Waals surface area contributed by atoms with Crippen molar-refractivity contribution in [3.8, 4) is 0 Å². The summed E-state index contributed by atoms with van der Waals surface area (Å²) in [6.45, 7) is 0.401. The Kier molecular flexibility index (Phi) is 4.09. The third-order valence-electron chi connectivity index (χ3n) is 2.90. The first kappa shape index (κ1) is 13.7. The number of aryl methyl sites for hydroxylation is 1. The normalized spacial score (nSPS) is 10.2. The summed E-state index contributed by atoms with van der Waals surface area (Å²) >= 11 is 0. The lowest BCUT2D eigenvalue weighted by molar-refractivity contribution is -0.118. The molecule has 0 aliphatic carbocycles. The molecule has 0 bridgehead atoms. The zero-order valence-corrected chi connectivity index (χ0v) is 10.9. The average molecular weight is 274 g/mol. The number of carboxylic acids is 1. The second kappa shape index (κ2) is 5.96. The van der Waals surface area contributed by atoms with Crippen LogP contribution in [0.1, 0.15) is 16.8 Å². The minimum absolute atomic E-state index is 0.101. The van der Waals surface area contributed by atoms with E-state index in [0.717, 1.165) is 0 Å². The molecular formula is C13H14N4O3. The number of aromatic nitrogens is 3. The van der Waals surface area contributed by atoms with Crippen LogP contribution < -0.4 is 4.90 Å². The van der Waals surface area contributed by atoms with Gasteiger partial charge in [-0.1, -0.05) is 17.3 Å². The summed E-state index contributed by atoms with van der Waals surface area (Å²) in [5, 5.41) is 16.5. The van der Waals surface area contributed by atoms with Gasteiger partial charge in [-0.05, 0) is 12.1 Å². The third kappa shape index (κ3) is 3.00. The molecule has 0 radical (unpaired) electrons. The van der Waals surface area contributed by atoms with Crippen molar-refractivity contribution in [3.05, 3.63) is 42.2 Å². The monoisotopic (exact) mass is 274 g/mol. The molecule has 0 atom stereocenters. The molecule has 1 heterocycles. The lowest BCUT2D eigenvalue weighted by atomic mass is 10.1. The minimum Gasteiger partial charge on any atom is -0.478 e. The molecule has 1 aromatic carbocycles. The number of carbonyl (C=O) groups excluding carboxylic acids is 1. The summed E-state index contributed by atoms with van der Waals surface area (Å²) in [4.78, 5) is 24.6. The van der Waals surface area contributed by atoms with Gasteiger partial charge in [0.1, 0.15) is 0 Å². The van der Waals surface area contributed by atoms with Crippen LogP contribution in [0.4, 0.5) is 5.69 Å². The Hall–Kier alpha value is -2.70. The fourth-order valence-corrected chi connectivity index (χ4v) is 1.81. The number of amides is 1. The van der Waals surface area contributed by atoms with Crippen molar-refractivity contribution in [2.45, 2.75) is 13.0 Å². The molecule has 20 heavy (non-hydrogen) atoms. The fraction of sp³-hybridized carbons (Fsp3) is 0.231. The smallest absolute Gasteiger partial charge is 0.337 e. The number of benzene rings is 1. The number of hydrogen-bond acceptors (Lipinski definition) is 4. The predicted molar refractivity (Wildman–Crippen MR) is 71.5 cm³/mol. The largest absolute Gasteiger partial charge is 0.478 e. The van der Waals surface area contributed by atoms with Gasteiger partial charge >= 0.3 is 5.97 Å². The van der Waals surface area contributed by atoms with Gasteiger partial charge in [0.05, 0.1) is 24.0 Å². The summed E-state index contributed by atoms with van der Waals surface area (Å²) in [5.74, 6) is -1.24. The van der Waals surface area contributed by atoms with E-state index in [2.05, 4.69) is 10.3 Å². The standard InChI is InChI=1S/C13H14N4O3/c1-16(11-5-3-2-4-10(11)13(19)20)12(18)6-8-17-9-7-14-15-17/h2-5,7,9H,6,8H2,1H3,(H,19,20). The van der Waals surface area contributed by atoms with Crippen LogP contribution in [0.25, 0.3) is 0 Å². The number of rotatable bonds is 5. The van der Waals surface area contributed by atoms with E-state index in [9.17, 15) is 9.59 Å². The van der Waals surface area contributed by atoms with Crippen molar-refractivity contribution in [3.63, 3.8) is 0 Å². The van der Waals surface area contributed by atoms with Crippen LogP contribution in [0.3, 0.4) is 0 Å². The molecule has 7 nitrogen and oxygen atoms in total. The van der Waals surface area contributed by atoms with E-state index < -0.39 is 5.97 Å². The van der Waals surface area contributed by atoms with E-state index in [1.54, 1.807) is 36.1 Å². The fourth-order valence-electron chi connectivity index (χ4n) is 1.81. The number of carbonyl (C=O) groups is 2. The highest BCUT2D eigenvalue weighted by atomic mass is 16.4. The van der Waals surface area contributed by atoms with Crippen LogP contribution in [0.5, 0.6) is 0 Å². The van der Waals surface area contributed by atoms with Gasteiger partial charge in [0.2, 0.25) is 5.91 Å². The van der Waals surface area contributed by atoms with E-state index in [0.29, 0.717) is 12.2 Å². The number of aromatic carboxylic acids is 1. The van der Waals surface area contributed by atoms with Crippen LogP contribution in [-0.2, 0) is 11.3 Å². The highest BCUT2D eigenvalue weighted by molar-refractivity contribution is 6.01. The molecule has 0 unspecified atom stereocenters. The maximum Gasteiger partial charge on any atom is 0.337 e. The molecule has 1 N–H and O–H groups in total. The maximum absolute atomic E-state index is 12.1. The number of hydrogen-bond donors (Lipinski definition) is 1.